The first-order valence-corrected chi connectivity index (χ1v) is 6.72. The van der Waals surface area contributed by atoms with E-state index in [0.717, 1.165) is 9.50 Å². The Bertz CT molecular complexity index is 534. The largest absolute Gasteiger partial charge is 0.396 e. The molecule has 5 heteroatoms. The quantitative estimate of drug-likeness (QED) is 0.691. The number of thioether (sulfide) groups is 1. The monoisotopic (exact) mass is 312 g/mol. The third-order valence-electron chi connectivity index (χ3n) is 2.20. The summed E-state index contributed by atoms with van der Waals surface area (Å²) in [6.45, 7) is 0. The van der Waals surface area contributed by atoms with Gasteiger partial charge in [-0.1, -0.05) is 12.1 Å². The highest BCUT2D eigenvalue weighted by atomic mass is 79.9. The third kappa shape index (κ3) is 2.98. The van der Waals surface area contributed by atoms with E-state index in [1.807, 2.05) is 12.1 Å². The minimum absolute atomic E-state index is 0.184. The van der Waals surface area contributed by atoms with Gasteiger partial charge in [0.05, 0.1) is 5.69 Å². The molecule has 0 amide bonds. The van der Waals surface area contributed by atoms with Crippen LogP contribution in [0, 0.1) is 5.82 Å². The van der Waals surface area contributed by atoms with Gasteiger partial charge in [-0.05, 0) is 34.1 Å². The summed E-state index contributed by atoms with van der Waals surface area (Å²) in [4.78, 5) is 4.21. The number of nitrogen functional groups attached to an aromatic ring is 1. The molecule has 0 bridgehead atoms. The first-order valence-electron chi connectivity index (χ1n) is 4.94. The second-order valence-corrected chi connectivity index (χ2v) is 5.22. The van der Waals surface area contributed by atoms with Crippen molar-refractivity contribution in [2.45, 2.75) is 10.8 Å². The molecule has 0 saturated carbocycles. The molecule has 1 aromatic carbocycles. The number of nitrogens with zero attached hydrogens (tertiary/aromatic N) is 1. The number of halogens is 2. The first-order chi connectivity index (χ1) is 8.18. The Kier molecular flexibility index (Phi) is 4.02. The van der Waals surface area contributed by atoms with E-state index in [-0.39, 0.29) is 11.5 Å². The molecule has 2 aromatic rings. The topological polar surface area (TPSA) is 38.9 Å². The van der Waals surface area contributed by atoms with Gasteiger partial charge in [0.1, 0.15) is 10.8 Å². The van der Waals surface area contributed by atoms with Crippen LogP contribution >= 0.6 is 27.7 Å². The van der Waals surface area contributed by atoms with Gasteiger partial charge in [-0.2, -0.15) is 0 Å². The lowest BCUT2D eigenvalue weighted by Gasteiger charge is -2.05. The van der Waals surface area contributed by atoms with Crippen LogP contribution in [0.1, 0.15) is 5.56 Å². The van der Waals surface area contributed by atoms with Gasteiger partial charge in [0, 0.05) is 22.0 Å². The van der Waals surface area contributed by atoms with E-state index in [0.29, 0.717) is 11.3 Å². The summed E-state index contributed by atoms with van der Waals surface area (Å²) in [5, 5.41) is 0.842. The maximum Gasteiger partial charge on any atom is 0.150 e. The van der Waals surface area contributed by atoms with Crippen molar-refractivity contribution < 1.29 is 4.39 Å². The van der Waals surface area contributed by atoms with Crippen molar-refractivity contribution in [1.29, 1.82) is 0 Å². The van der Waals surface area contributed by atoms with Gasteiger partial charge >= 0.3 is 0 Å². The van der Waals surface area contributed by atoms with Crippen LogP contribution in [0.15, 0.2) is 46.0 Å². The van der Waals surface area contributed by atoms with Crippen LogP contribution in [0.3, 0.4) is 0 Å². The van der Waals surface area contributed by atoms with Gasteiger partial charge < -0.3 is 5.73 Å². The average Bonchev–Trinajstić information content (AvgIpc) is 2.33. The van der Waals surface area contributed by atoms with Crippen LogP contribution in [0.5, 0.6) is 0 Å². The third-order valence-corrected chi connectivity index (χ3v) is 4.15. The Hall–Kier alpha value is -1.07. The van der Waals surface area contributed by atoms with Crippen LogP contribution in [-0.2, 0) is 5.75 Å². The zero-order valence-electron chi connectivity index (χ0n) is 8.86. The summed E-state index contributed by atoms with van der Waals surface area (Å²) in [6, 6.07) is 8.79. The van der Waals surface area contributed by atoms with Crippen LogP contribution in [0.2, 0.25) is 0 Å². The predicted octanol–water partition coefficient (Wildman–Crippen LogP) is 3.86. The Morgan fingerprint density at radius 3 is 2.88 bits per heavy atom. The normalized spacial score (nSPS) is 10.5. The average molecular weight is 313 g/mol. The fourth-order valence-corrected chi connectivity index (χ4v) is 2.79. The number of benzene rings is 1. The summed E-state index contributed by atoms with van der Waals surface area (Å²) in [7, 11) is 0. The summed E-state index contributed by atoms with van der Waals surface area (Å²) in [5.74, 6) is 0.166. The van der Waals surface area contributed by atoms with E-state index < -0.39 is 0 Å². The molecule has 2 rings (SSSR count). The zero-order valence-corrected chi connectivity index (χ0v) is 11.3. The molecule has 0 aliphatic carbocycles. The molecule has 0 atom stereocenters. The van der Waals surface area contributed by atoms with E-state index in [9.17, 15) is 4.39 Å². The van der Waals surface area contributed by atoms with E-state index in [1.165, 1.54) is 11.8 Å². The molecule has 1 heterocycles. The molecule has 0 aliphatic rings. The van der Waals surface area contributed by atoms with Crippen molar-refractivity contribution in [2.24, 2.45) is 0 Å². The maximum atomic E-state index is 13.6. The molecule has 88 valence electrons. The van der Waals surface area contributed by atoms with Gasteiger partial charge in [0.2, 0.25) is 0 Å². The van der Waals surface area contributed by atoms with Gasteiger partial charge in [0.25, 0.3) is 0 Å². The Balaban J connectivity index is 2.13. The summed E-state index contributed by atoms with van der Waals surface area (Å²) < 4.78 is 14.5. The number of hydrogen-bond acceptors (Lipinski definition) is 3. The Morgan fingerprint density at radius 2 is 2.12 bits per heavy atom. The highest BCUT2D eigenvalue weighted by Gasteiger charge is 2.07. The molecule has 2 N–H and O–H groups in total. The second-order valence-electron chi connectivity index (χ2n) is 3.40. The van der Waals surface area contributed by atoms with Crippen LogP contribution < -0.4 is 5.73 Å². The molecule has 2 nitrogen and oxygen atoms in total. The molecule has 0 saturated heterocycles. The van der Waals surface area contributed by atoms with E-state index in [4.69, 9.17) is 5.73 Å². The zero-order chi connectivity index (χ0) is 12.3. The Morgan fingerprint density at radius 1 is 1.29 bits per heavy atom. The summed E-state index contributed by atoms with van der Waals surface area (Å²) in [5.41, 5.74) is 6.28. The van der Waals surface area contributed by atoms with Crippen LogP contribution in [-0.4, -0.2) is 4.98 Å². The predicted molar refractivity (Wildman–Crippen MR) is 72.3 cm³/mol. The van der Waals surface area contributed by atoms with E-state index >= 15 is 0 Å². The van der Waals surface area contributed by atoms with Gasteiger partial charge in [-0.3, -0.25) is 0 Å². The van der Waals surface area contributed by atoms with Crippen molar-refractivity contribution >= 4 is 33.4 Å². The van der Waals surface area contributed by atoms with Crippen molar-refractivity contribution in [3.63, 3.8) is 0 Å². The number of rotatable bonds is 3. The molecule has 0 radical (unpaired) electrons. The lowest BCUT2D eigenvalue weighted by Crippen LogP contribution is -1.95. The molecule has 0 fully saturated rings. The summed E-state index contributed by atoms with van der Waals surface area (Å²) >= 11 is 4.87. The lowest BCUT2D eigenvalue weighted by atomic mass is 10.2. The fourth-order valence-electron chi connectivity index (χ4n) is 1.33. The minimum atomic E-state index is -0.341. The molecule has 0 unspecified atom stereocenters. The minimum Gasteiger partial charge on any atom is -0.396 e. The number of hydrogen-bond donors (Lipinski definition) is 1. The smallest absolute Gasteiger partial charge is 0.150 e. The summed E-state index contributed by atoms with van der Waals surface area (Å²) in [6.07, 6.45) is 1.71. The van der Waals surface area contributed by atoms with Crippen molar-refractivity contribution in [3.8, 4) is 0 Å². The molecular weight excluding hydrogens is 303 g/mol. The first kappa shape index (κ1) is 12.4. The Labute approximate surface area is 112 Å². The molecule has 0 spiro atoms. The fraction of sp³-hybridized carbons (Fsp3) is 0.0833. The van der Waals surface area contributed by atoms with Gasteiger partial charge in [0.15, 0.2) is 0 Å². The van der Waals surface area contributed by atoms with Crippen molar-refractivity contribution in [2.75, 3.05) is 5.73 Å². The van der Waals surface area contributed by atoms with Gasteiger partial charge in [-0.15, -0.1) is 11.8 Å². The molecule has 1 aromatic heterocycles. The van der Waals surface area contributed by atoms with Crippen LogP contribution in [0.4, 0.5) is 10.1 Å². The van der Waals surface area contributed by atoms with Crippen LogP contribution in [0.25, 0.3) is 0 Å². The van der Waals surface area contributed by atoms with E-state index in [2.05, 4.69) is 20.9 Å². The van der Waals surface area contributed by atoms with E-state index in [1.54, 1.807) is 24.4 Å². The lowest BCUT2D eigenvalue weighted by molar-refractivity contribution is 0.622. The number of nitrogens with two attached hydrogens (primary N) is 1. The number of aromatic nitrogens is 1. The molecule has 0 aliphatic heterocycles. The van der Waals surface area contributed by atoms with Crippen molar-refractivity contribution in [1.82, 2.24) is 4.98 Å². The highest BCUT2D eigenvalue weighted by Crippen LogP contribution is 2.29. The molecular formula is C12H10BrFN2S. The number of anilines is 1. The highest BCUT2D eigenvalue weighted by molar-refractivity contribution is 9.10. The van der Waals surface area contributed by atoms with Gasteiger partial charge in [-0.25, -0.2) is 9.37 Å². The maximum absolute atomic E-state index is 13.6. The van der Waals surface area contributed by atoms with Crippen molar-refractivity contribution in [3.05, 3.63) is 52.4 Å². The second kappa shape index (κ2) is 5.51. The standard InChI is InChI=1S/C12H10BrFN2S/c13-9-4-2-6-16-12(9)17-7-8-3-1-5-10(15)11(8)14/h1-6H,7,15H2. The SMILES string of the molecule is Nc1cccc(CSc2ncccc2Br)c1F. The number of pyridine rings is 1. The molecule has 17 heavy (non-hydrogen) atoms.